The van der Waals surface area contributed by atoms with Crippen LogP contribution in [0.3, 0.4) is 0 Å². The minimum Gasteiger partial charge on any atom is -0.437 e. The Morgan fingerprint density at radius 3 is 1.46 bits per heavy atom. The van der Waals surface area contributed by atoms with Gasteiger partial charge in [-0.15, -0.1) is 0 Å². The Bertz CT molecular complexity index is 353. The fourth-order valence-electron chi connectivity index (χ4n) is 3.14. The molecule has 0 rings (SSSR count). The van der Waals surface area contributed by atoms with Crippen LogP contribution in [-0.4, -0.2) is 75.1 Å². The van der Waals surface area contributed by atoms with Crippen molar-refractivity contribution in [1.82, 2.24) is 0 Å². The van der Waals surface area contributed by atoms with Crippen LogP contribution < -0.4 is 0 Å². The van der Waals surface area contributed by atoms with E-state index in [0.717, 1.165) is 31.4 Å². The van der Waals surface area contributed by atoms with E-state index in [1.54, 1.807) is 0 Å². The Morgan fingerprint density at radius 2 is 1.00 bits per heavy atom. The lowest BCUT2D eigenvalue weighted by atomic mass is 10.4. The smallest absolute Gasteiger partial charge is 0.311 e. The second kappa shape index (κ2) is 13.6. The highest BCUT2D eigenvalue weighted by Gasteiger charge is 2.39. The average molecular weight is 427 g/mol. The molecule has 0 heterocycles. The number of aliphatic hydroxyl groups is 2. The lowest BCUT2D eigenvalue weighted by Gasteiger charge is -2.38. The lowest BCUT2D eigenvalue weighted by molar-refractivity contribution is 0.0903. The van der Waals surface area contributed by atoms with Gasteiger partial charge in [-0.3, -0.25) is 0 Å². The van der Waals surface area contributed by atoms with Gasteiger partial charge in [0.1, 0.15) is 0 Å². The summed E-state index contributed by atoms with van der Waals surface area (Å²) in [6.45, 7) is 15.8. The molecule has 0 saturated carbocycles. The Balaban J connectivity index is 4.20. The van der Waals surface area contributed by atoms with Gasteiger partial charge in [0.2, 0.25) is 0 Å². The van der Waals surface area contributed by atoms with Crippen molar-refractivity contribution < 1.29 is 27.9 Å². The summed E-state index contributed by atoms with van der Waals surface area (Å²) >= 11 is 0. The SMILES string of the molecule is C[Si](C)(CCCCOCCO)O[Si](C)(C)O[Si](C)(C)CCCOCCO. The van der Waals surface area contributed by atoms with Gasteiger partial charge in [0.05, 0.1) is 26.4 Å². The number of hydrogen-bond acceptors (Lipinski definition) is 6. The van der Waals surface area contributed by atoms with Gasteiger partial charge in [-0.25, -0.2) is 0 Å². The first-order valence-corrected chi connectivity index (χ1v) is 18.9. The predicted molar refractivity (Wildman–Crippen MR) is 114 cm³/mol. The molecule has 0 atom stereocenters. The van der Waals surface area contributed by atoms with E-state index in [2.05, 4.69) is 39.3 Å². The van der Waals surface area contributed by atoms with Crippen molar-refractivity contribution in [2.45, 2.75) is 70.6 Å². The lowest BCUT2D eigenvalue weighted by Crippen LogP contribution is -2.52. The van der Waals surface area contributed by atoms with E-state index in [-0.39, 0.29) is 13.2 Å². The van der Waals surface area contributed by atoms with Crippen LogP contribution >= 0.6 is 0 Å². The molecule has 0 aromatic carbocycles. The number of hydrogen-bond donors (Lipinski definition) is 2. The molecule has 0 amide bonds. The van der Waals surface area contributed by atoms with Crippen molar-refractivity contribution in [2.75, 3.05) is 39.6 Å². The molecular formula is C17H42O6Si3. The standard InChI is InChI=1S/C17H42O6Si3/c1-24(2,16-8-7-12-20-14-10-18)22-26(5,6)23-25(3,4)17-9-13-21-15-11-19/h18-19H,7-17H2,1-6H3. The molecule has 0 radical (unpaired) electrons. The van der Waals surface area contributed by atoms with Gasteiger partial charge in [0.15, 0.2) is 16.6 Å². The topological polar surface area (TPSA) is 77.4 Å². The van der Waals surface area contributed by atoms with Crippen LogP contribution in [0.1, 0.15) is 19.3 Å². The maximum absolute atomic E-state index is 8.74. The van der Waals surface area contributed by atoms with Crippen LogP contribution in [-0.2, 0) is 17.7 Å². The third-order valence-corrected chi connectivity index (χ3v) is 15.4. The summed E-state index contributed by atoms with van der Waals surface area (Å²) in [5.74, 6) is 0. The first kappa shape index (κ1) is 26.4. The van der Waals surface area contributed by atoms with E-state index in [0.29, 0.717) is 26.4 Å². The van der Waals surface area contributed by atoms with Crippen molar-refractivity contribution in [3.05, 3.63) is 0 Å². The van der Waals surface area contributed by atoms with Crippen LogP contribution in [0.15, 0.2) is 0 Å². The summed E-state index contributed by atoms with van der Waals surface area (Å²) in [7, 11) is -5.69. The van der Waals surface area contributed by atoms with E-state index in [9.17, 15) is 0 Å². The van der Waals surface area contributed by atoms with Crippen molar-refractivity contribution in [3.8, 4) is 0 Å². The molecule has 0 fully saturated rings. The molecule has 0 aliphatic rings. The zero-order valence-corrected chi connectivity index (χ0v) is 20.8. The molecule has 0 saturated heterocycles. The molecule has 0 aromatic rings. The van der Waals surface area contributed by atoms with E-state index in [1.165, 1.54) is 0 Å². The first-order valence-electron chi connectivity index (χ1n) is 9.81. The van der Waals surface area contributed by atoms with Gasteiger partial charge in [-0.1, -0.05) is 6.42 Å². The summed E-state index contributed by atoms with van der Waals surface area (Å²) in [5.41, 5.74) is 0. The minimum atomic E-state index is -2.15. The van der Waals surface area contributed by atoms with E-state index >= 15 is 0 Å². The second-order valence-electron chi connectivity index (χ2n) is 8.36. The zero-order chi connectivity index (χ0) is 20.1. The van der Waals surface area contributed by atoms with Crippen molar-refractivity contribution in [1.29, 1.82) is 0 Å². The molecule has 0 bridgehead atoms. The van der Waals surface area contributed by atoms with Crippen LogP contribution in [0.5, 0.6) is 0 Å². The maximum Gasteiger partial charge on any atom is 0.311 e. The normalized spacial score (nSPS) is 13.4. The van der Waals surface area contributed by atoms with Crippen molar-refractivity contribution >= 4 is 25.2 Å². The van der Waals surface area contributed by atoms with Crippen molar-refractivity contribution in [2.24, 2.45) is 0 Å². The van der Waals surface area contributed by atoms with Crippen LogP contribution in [0, 0.1) is 0 Å². The Kier molecular flexibility index (Phi) is 13.8. The van der Waals surface area contributed by atoms with Gasteiger partial charge < -0.3 is 27.9 Å². The third kappa shape index (κ3) is 15.5. The Labute approximate surface area is 163 Å². The van der Waals surface area contributed by atoms with Gasteiger partial charge in [0.25, 0.3) is 0 Å². The van der Waals surface area contributed by atoms with E-state index < -0.39 is 25.2 Å². The molecule has 158 valence electrons. The average Bonchev–Trinajstić information content (AvgIpc) is 2.48. The van der Waals surface area contributed by atoms with Crippen LogP contribution in [0.4, 0.5) is 0 Å². The zero-order valence-electron chi connectivity index (χ0n) is 17.8. The maximum atomic E-state index is 8.74. The monoisotopic (exact) mass is 426 g/mol. The minimum absolute atomic E-state index is 0.0817. The summed E-state index contributed by atoms with van der Waals surface area (Å²) in [6.07, 6.45) is 3.08. The Hall–Kier alpha value is 0.411. The molecule has 0 spiro atoms. The molecular weight excluding hydrogens is 384 g/mol. The fraction of sp³-hybridized carbons (Fsp3) is 1.00. The number of unbranched alkanes of at least 4 members (excludes halogenated alkanes) is 1. The molecule has 0 aliphatic carbocycles. The van der Waals surface area contributed by atoms with Crippen LogP contribution in [0.25, 0.3) is 0 Å². The fourth-order valence-corrected chi connectivity index (χ4v) is 17.2. The van der Waals surface area contributed by atoms with Gasteiger partial charge in [0, 0.05) is 13.2 Å². The third-order valence-electron chi connectivity index (χ3n) is 3.90. The quantitative estimate of drug-likeness (QED) is 0.274. The second-order valence-corrected chi connectivity index (χ2v) is 20.8. The number of aliphatic hydroxyl groups excluding tert-OH is 2. The molecule has 0 aromatic heterocycles. The number of ether oxygens (including phenoxy) is 2. The van der Waals surface area contributed by atoms with Crippen LogP contribution in [0.2, 0.25) is 51.4 Å². The highest BCUT2D eigenvalue weighted by atomic mass is 28.5. The molecule has 6 nitrogen and oxygen atoms in total. The highest BCUT2D eigenvalue weighted by Crippen LogP contribution is 2.26. The Morgan fingerprint density at radius 1 is 0.577 bits per heavy atom. The molecule has 0 unspecified atom stereocenters. The molecule has 0 aliphatic heterocycles. The molecule has 26 heavy (non-hydrogen) atoms. The molecule has 9 heteroatoms. The molecule has 2 N–H and O–H groups in total. The van der Waals surface area contributed by atoms with Gasteiger partial charge >= 0.3 is 8.56 Å². The van der Waals surface area contributed by atoms with Gasteiger partial charge in [-0.2, -0.15) is 0 Å². The van der Waals surface area contributed by atoms with Crippen molar-refractivity contribution in [3.63, 3.8) is 0 Å². The first-order chi connectivity index (χ1) is 12.0. The predicted octanol–water partition coefficient (Wildman–Crippen LogP) is 3.32. The van der Waals surface area contributed by atoms with Gasteiger partial charge in [-0.05, 0) is 64.2 Å². The summed E-state index contributed by atoms with van der Waals surface area (Å²) in [4.78, 5) is 0. The van der Waals surface area contributed by atoms with E-state index in [1.807, 2.05) is 0 Å². The van der Waals surface area contributed by atoms with E-state index in [4.69, 9.17) is 27.9 Å². The highest BCUT2D eigenvalue weighted by molar-refractivity contribution is 6.87. The summed E-state index contributed by atoms with van der Waals surface area (Å²) in [6, 6.07) is 2.15. The number of rotatable bonds is 17. The summed E-state index contributed by atoms with van der Waals surface area (Å²) in [5, 5.41) is 17.4. The largest absolute Gasteiger partial charge is 0.437 e. The summed E-state index contributed by atoms with van der Waals surface area (Å²) < 4.78 is 23.8.